The van der Waals surface area contributed by atoms with Crippen LogP contribution in [0.25, 0.3) is 10.9 Å². The fourth-order valence-corrected chi connectivity index (χ4v) is 2.60. The molecule has 0 amide bonds. The lowest BCUT2D eigenvalue weighted by Gasteiger charge is -2.16. The molecule has 0 spiro atoms. The Morgan fingerprint density at radius 2 is 1.52 bits per heavy atom. The minimum absolute atomic E-state index is 0.0666. The maximum Gasteiger partial charge on any atom is 0.294 e. The molecule has 1 aromatic heterocycles. The van der Waals surface area contributed by atoms with Crippen LogP contribution >= 0.6 is 0 Å². The van der Waals surface area contributed by atoms with Gasteiger partial charge in [-0.05, 0) is 45.0 Å². The molecule has 0 radical (unpaired) electrons. The third-order valence-electron chi connectivity index (χ3n) is 3.54. The molecular weight excluding hydrogens is 338 g/mol. The predicted molar refractivity (Wildman–Crippen MR) is 98.0 cm³/mol. The van der Waals surface area contributed by atoms with Gasteiger partial charge in [0.15, 0.2) is 0 Å². The number of para-hydroxylation sites is 1. The van der Waals surface area contributed by atoms with Crippen molar-refractivity contribution < 1.29 is 18.1 Å². The zero-order valence-corrected chi connectivity index (χ0v) is 15.2. The van der Waals surface area contributed by atoms with Crippen LogP contribution in [0.2, 0.25) is 0 Å². The van der Waals surface area contributed by atoms with Gasteiger partial charge in [0, 0.05) is 5.39 Å². The van der Waals surface area contributed by atoms with E-state index < -0.39 is 15.7 Å². The van der Waals surface area contributed by atoms with Gasteiger partial charge in [0.1, 0.15) is 5.60 Å². The monoisotopic (exact) mass is 359 g/mol. The van der Waals surface area contributed by atoms with E-state index in [1.807, 2.05) is 43.3 Å². The average molecular weight is 359 g/mol. The quantitative estimate of drug-likeness (QED) is 0.681. The highest BCUT2D eigenvalue weighted by Gasteiger charge is 2.17. The Morgan fingerprint density at radius 1 is 0.920 bits per heavy atom. The van der Waals surface area contributed by atoms with Gasteiger partial charge in [-0.3, -0.25) is 4.55 Å². The van der Waals surface area contributed by atoms with E-state index in [0.29, 0.717) is 5.69 Å². The molecule has 0 aliphatic carbocycles. The van der Waals surface area contributed by atoms with Gasteiger partial charge >= 0.3 is 0 Å². The summed E-state index contributed by atoms with van der Waals surface area (Å²) < 4.78 is 29.6. The van der Waals surface area contributed by atoms with Crippen molar-refractivity contribution in [1.82, 2.24) is 4.98 Å². The van der Waals surface area contributed by atoms with Crippen LogP contribution in [0.15, 0.2) is 65.6 Å². The van der Waals surface area contributed by atoms with Gasteiger partial charge in [-0.25, -0.2) is 4.98 Å². The fraction of sp³-hybridized carbons (Fsp3) is 0.211. The first kappa shape index (κ1) is 19.1. The fourth-order valence-electron chi connectivity index (χ4n) is 2.12. The molecule has 0 unspecified atom stereocenters. The summed E-state index contributed by atoms with van der Waals surface area (Å²) in [4.78, 5) is 4.33. The lowest BCUT2D eigenvalue weighted by molar-refractivity contribution is 0.0742. The average Bonchev–Trinajstić information content (AvgIpc) is 2.54. The molecule has 25 heavy (non-hydrogen) atoms. The third kappa shape index (κ3) is 5.35. The van der Waals surface area contributed by atoms with E-state index in [1.54, 1.807) is 26.0 Å². The highest BCUT2D eigenvalue weighted by Crippen LogP contribution is 2.20. The first-order chi connectivity index (χ1) is 11.6. The maximum absolute atomic E-state index is 10.5. The maximum atomic E-state index is 10.5. The van der Waals surface area contributed by atoms with Gasteiger partial charge in [-0.15, -0.1) is 0 Å². The molecular formula is C19H21NO4S. The van der Waals surface area contributed by atoms with Crippen molar-refractivity contribution in [3.8, 4) is 0 Å². The molecule has 2 N–H and O–H groups in total. The first-order valence-electron chi connectivity index (χ1n) is 7.70. The number of nitrogens with zero attached hydrogens (tertiary/aromatic N) is 1. The minimum atomic E-state index is -4.02. The summed E-state index contributed by atoms with van der Waals surface area (Å²) in [7, 11) is -4.02. The van der Waals surface area contributed by atoms with E-state index in [9.17, 15) is 13.5 Å². The summed E-state index contributed by atoms with van der Waals surface area (Å²) in [5, 5.41) is 10.9. The zero-order valence-electron chi connectivity index (χ0n) is 14.3. The highest BCUT2D eigenvalue weighted by atomic mass is 32.2. The highest BCUT2D eigenvalue weighted by molar-refractivity contribution is 7.85. The lowest BCUT2D eigenvalue weighted by Crippen LogP contribution is -2.17. The first-order valence-corrected chi connectivity index (χ1v) is 9.14. The summed E-state index contributed by atoms with van der Waals surface area (Å²) >= 11 is 0. The molecule has 6 heteroatoms. The molecule has 0 aliphatic rings. The van der Waals surface area contributed by atoms with E-state index >= 15 is 0 Å². The minimum Gasteiger partial charge on any atom is -0.384 e. The molecule has 0 saturated heterocycles. The SMILES string of the molecule is CC(C)(O)c1ccc2ccccc2n1.Cc1ccc(S(=O)(=O)O)cc1. The molecule has 0 atom stereocenters. The standard InChI is InChI=1S/C12H13NO.C7H8O3S/c1-12(2,14)11-8-7-9-5-3-4-6-10(9)13-11;1-6-2-4-7(5-3-6)11(8,9)10/h3-8,14H,1-2H3;2-5H,1H3,(H,8,9,10). The Bertz CT molecular complexity index is 959. The smallest absolute Gasteiger partial charge is 0.294 e. The summed E-state index contributed by atoms with van der Waals surface area (Å²) in [5.41, 5.74) is 1.71. The van der Waals surface area contributed by atoms with Crippen molar-refractivity contribution in [1.29, 1.82) is 0 Å². The largest absolute Gasteiger partial charge is 0.384 e. The number of aliphatic hydroxyl groups is 1. The number of hydrogen-bond acceptors (Lipinski definition) is 4. The van der Waals surface area contributed by atoms with Gasteiger partial charge in [0.05, 0.1) is 16.1 Å². The van der Waals surface area contributed by atoms with Crippen molar-refractivity contribution in [2.75, 3.05) is 0 Å². The van der Waals surface area contributed by atoms with Gasteiger partial charge in [0.2, 0.25) is 0 Å². The molecule has 3 rings (SSSR count). The van der Waals surface area contributed by atoms with Gasteiger partial charge < -0.3 is 5.11 Å². The number of pyridine rings is 1. The second-order valence-electron chi connectivity index (χ2n) is 6.24. The van der Waals surface area contributed by atoms with Crippen molar-refractivity contribution in [2.45, 2.75) is 31.3 Å². The van der Waals surface area contributed by atoms with Gasteiger partial charge in [-0.2, -0.15) is 8.42 Å². The van der Waals surface area contributed by atoms with Crippen LogP contribution in [-0.2, 0) is 15.7 Å². The number of aryl methyl sites for hydroxylation is 1. The van der Waals surface area contributed by atoms with Crippen molar-refractivity contribution in [2.24, 2.45) is 0 Å². The van der Waals surface area contributed by atoms with Gasteiger partial charge in [0.25, 0.3) is 10.1 Å². The Morgan fingerprint density at radius 3 is 2.08 bits per heavy atom. The van der Waals surface area contributed by atoms with Crippen molar-refractivity contribution in [3.05, 3.63) is 71.9 Å². The second-order valence-corrected chi connectivity index (χ2v) is 7.66. The van der Waals surface area contributed by atoms with E-state index in [0.717, 1.165) is 16.5 Å². The molecule has 2 aromatic carbocycles. The van der Waals surface area contributed by atoms with Gasteiger partial charge in [-0.1, -0.05) is 42.0 Å². The van der Waals surface area contributed by atoms with E-state index in [1.165, 1.54) is 12.1 Å². The van der Waals surface area contributed by atoms with Crippen LogP contribution in [0.1, 0.15) is 25.1 Å². The summed E-state index contributed by atoms with van der Waals surface area (Å²) in [6.07, 6.45) is 0. The summed E-state index contributed by atoms with van der Waals surface area (Å²) in [6, 6.07) is 17.7. The molecule has 132 valence electrons. The number of fused-ring (bicyclic) bond motifs is 1. The molecule has 0 aliphatic heterocycles. The Kier molecular flexibility index (Phi) is 5.57. The molecule has 0 fully saturated rings. The van der Waals surface area contributed by atoms with Crippen LogP contribution < -0.4 is 0 Å². The molecule has 1 heterocycles. The number of hydrogen-bond donors (Lipinski definition) is 2. The third-order valence-corrected chi connectivity index (χ3v) is 4.41. The molecule has 3 aromatic rings. The topological polar surface area (TPSA) is 87.5 Å². The van der Waals surface area contributed by atoms with Crippen molar-refractivity contribution in [3.63, 3.8) is 0 Å². The Labute approximate surface area is 147 Å². The summed E-state index contributed by atoms with van der Waals surface area (Å²) in [5.74, 6) is 0. The summed E-state index contributed by atoms with van der Waals surface area (Å²) in [6.45, 7) is 5.32. The Hall–Kier alpha value is -2.28. The van der Waals surface area contributed by atoms with Crippen molar-refractivity contribution >= 4 is 21.0 Å². The number of aromatic nitrogens is 1. The molecule has 5 nitrogen and oxygen atoms in total. The second kappa shape index (κ2) is 7.31. The van der Waals surface area contributed by atoms with Crippen LogP contribution in [0.3, 0.4) is 0 Å². The van der Waals surface area contributed by atoms with Crippen LogP contribution in [0.5, 0.6) is 0 Å². The van der Waals surface area contributed by atoms with E-state index in [-0.39, 0.29) is 4.90 Å². The van der Waals surface area contributed by atoms with Crippen LogP contribution in [-0.4, -0.2) is 23.1 Å². The normalized spacial score (nSPS) is 11.7. The molecule has 0 saturated carbocycles. The van der Waals surface area contributed by atoms with E-state index in [2.05, 4.69) is 4.98 Å². The van der Waals surface area contributed by atoms with E-state index in [4.69, 9.17) is 4.55 Å². The van der Waals surface area contributed by atoms with Crippen LogP contribution in [0.4, 0.5) is 0 Å². The predicted octanol–water partition coefficient (Wildman–Crippen LogP) is 3.70. The molecule has 0 bridgehead atoms. The Balaban J connectivity index is 0.000000186. The zero-order chi connectivity index (χ0) is 18.7. The lowest BCUT2D eigenvalue weighted by atomic mass is 10.0. The van der Waals surface area contributed by atoms with Crippen LogP contribution in [0, 0.1) is 6.92 Å². The number of rotatable bonds is 2. The number of benzene rings is 2.